The lowest BCUT2D eigenvalue weighted by molar-refractivity contribution is -0.187. The second-order valence-corrected chi connectivity index (χ2v) is 3.41. The summed E-state index contributed by atoms with van der Waals surface area (Å²) in [5.41, 5.74) is -0.518. The van der Waals surface area contributed by atoms with E-state index in [0.29, 0.717) is 13.0 Å². The van der Waals surface area contributed by atoms with Gasteiger partial charge in [0, 0.05) is 19.6 Å². The highest BCUT2D eigenvalue weighted by Gasteiger charge is 2.58. The van der Waals surface area contributed by atoms with Crippen LogP contribution in [0.5, 0.6) is 0 Å². The molecule has 2 aliphatic rings. The molecular weight excluding hydrogens is 156 g/mol. The van der Waals surface area contributed by atoms with Crippen molar-refractivity contribution in [2.45, 2.75) is 37.9 Å². The van der Waals surface area contributed by atoms with Crippen LogP contribution >= 0.6 is 0 Å². The Morgan fingerprint density at radius 3 is 3.08 bits per heavy atom. The summed E-state index contributed by atoms with van der Waals surface area (Å²) in [6.07, 6.45) is 2.44. The molecule has 0 radical (unpaired) electrons. The maximum absolute atomic E-state index is 11.3. The number of carbonyl (C=O) groups excluding carboxylic acids is 1. The molecule has 3 heteroatoms. The zero-order valence-corrected chi connectivity index (χ0v) is 7.34. The van der Waals surface area contributed by atoms with Gasteiger partial charge < -0.3 is 9.47 Å². The number of hydrogen-bond donors (Lipinski definition) is 0. The van der Waals surface area contributed by atoms with E-state index >= 15 is 0 Å². The number of ketones is 1. The van der Waals surface area contributed by atoms with Crippen molar-refractivity contribution < 1.29 is 14.3 Å². The molecule has 1 heterocycles. The van der Waals surface area contributed by atoms with E-state index in [0.717, 1.165) is 19.4 Å². The Hall–Kier alpha value is -0.410. The molecule has 3 nitrogen and oxygen atoms in total. The third-order valence-electron chi connectivity index (χ3n) is 2.78. The maximum Gasteiger partial charge on any atom is 0.170 e. The Morgan fingerprint density at radius 2 is 2.58 bits per heavy atom. The first-order valence-corrected chi connectivity index (χ1v) is 4.58. The van der Waals surface area contributed by atoms with Gasteiger partial charge in [-0.2, -0.15) is 0 Å². The van der Waals surface area contributed by atoms with Crippen molar-refractivity contribution in [2.24, 2.45) is 0 Å². The van der Waals surface area contributed by atoms with Crippen LogP contribution in [0.1, 0.15) is 26.2 Å². The Balaban J connectivity index is 2.05. The van der Waals surface area contributed by atoms with Crippen LogP contribution < -0.4 is 0 Å². The smallest absolute Gasteiger partial charge is 0.170 e. The molecule has 68 valence electrons. The second-order valence-electron chi connectivity index (χ2n) is 3.41. The second kappa shape index (κ2) is 2.82. The van der Waals surface area contributed by atoms with Gasteiger partial charge in [-0.15, -0.1) is 0 Å². The van der Waals surface area contributed by atoms with Crippen LogP contribution in [-0.4, -0.2) is 30.7 Å². The zero-order chi connectivity index (χ0) is 8.60. The molecule has 0 aromatic rings. The molecule has 0 N–H and O–H groups in total. The van der Waals surface area contributed by atoms with Crippen molar-refractivity contribution in [3.8, 4) is 0 Å². The summed E-state index contributed by atoms with van der Waals surface area (Å²) in [6.45, 7) is 3.34. The molecule has 0 bridgehead atoms. The number of ether oxygens (including phenoxy) is 2. The van der Waals surface area contributed by atoms with Gasteiger partial charge in [0.05, 0.1) is 0 Å². The van der Waals surface area contributed by atoms with Crippen molar-refractivity contribution in [1.82, 2.24) is 0 Å². The minimum Gasteiger partial charge on any atom is -0.375 e. The van der Waals surface area contributed by atoms with E-state index < -0.39 is 5.60 Å². The van der Waals surface area contributed by atoms with Gasteiger partial charge in [-0.1, -0.05) is 0 Å². The summed E-state index contributed by atoms with van der Waals surface area (Å²) in [5.74, 6) is 0.235. The average Bonchev–Trinajstić information content (AvgIpc) is 2.55. The van der Waals surface area contributed by atoms with Crippen LogP contribution in [0.25, 0.3) is 0 Å². The molecule has 0 amide bonds. The van der Waals surface area contributed by atoms with E-state index in [1.165, 1.54) is 0 Å². The molecule has 1 aliphatic carbocycles. The number of carbonyl (C=O) groups is 1. The monoisotopic (exact) mass is 170 g/mol. The molecule has 1 saturated carbocycles. The first-order chi connectivity index (χ1) is 5.79. The summed E-state index contributed by atoms with van der Waals surface area (Å²) in [6, 6.07) is 0. The predicted molar refractivity (Wildman–Crippen MR) is 43.0 cm³/mol. The Labute approximate surface area is 72.0 Å². The van der Waals surface area contributed by atoms with Crippen LogP contribution in [0, 0.1) is 0 Å². The highest BCUT2D eigenvalue weighted by molar-refractivity contribution is 5.95. The zero-order valence-electron chi connectivity index (χ0n) is 7.34. The minimum absolute atomic E-state index is 0.0394. The summed E-state index contributed by atoms with van der Waals surface area (Å²) in [5, 5.41) is 0. The molecule has 1 saturated heterocycles. The number of hydrogen-bond acceptors (Lipinski definition) is 3. The summed E-state index contributed by atoms with van der Waals surface area (Å²) in [4.78, 5) is 11.3. The van der Waals surface area contributed by atoms with E-state index in [1.807, 2.05) is 6.92 Å². The van der Waals surface area contributed by atoms with Crippen LogP contribution in [0.3, 0.4) is 0 Å². The molecule has 2 fully saturated rings. The fourth-order valence-corrected chi connectivity index (χ4v) is 2.08. The topological polar surface area (TPSA) is 35.5 Å². The molecule has 12 heavy (non-hydrogen) atoms. The van der Waals surface area contributed by atoms with Crippen LogP contribution in [0.2, 0.25) is 0 Å². The first kappa shape index (κ1) is 8.20. The van der Waals surface area contributed by atoms with E-state index in [1.54, 1.807) is 0 Å². The van der Waals surface area contributed by atoms with Crippen LogP contribution in [0.15, 0.2) is 0 Å². The Morgan fingerprint density at radius 1 is 1.75 bits per heavy atom. The fourth-order valence-electron chi connectivity index (χ4n) is 2.08. The van der Waals surface area contributed by atoms with Gasteiger partial charge in [-0.25, -0.2) is 0 Å². The fraction of sp³-hybridized carbons (Fsp3) is 0.889. The number of Topliss-reactive ketones (excluding diaryl/α,β-unsaturated/α-hetero) is 1. The molecular formula is C9H14O3. The van der Waals surface area contributed by atoms with Crippen molar-refractivity contribution in [2.75, 3.05) is 13.2 Å². The molecule has 0 unspecified atom stereocenters. The highest BCUT2D eigenvalue weighted by Crippen LogP contribution is 2.42. The van der Waals surface area contributed by atoms with Gasteiger partial charge >= 0.3 is 0 Å². The number of rotatable bonds is 2. The standard InChI is InChI=1S/C9H14O3/c1-2-11-8-6-7(10)9(8)4-3-5-12-9/h8H,2-6H2,1H3/t8-,9+/m1/s1. The van der Waals surface area contributed by atoms with E-state index in [4.69, 9.17) is 9.47 Å². The quantitative estimate of drug-likeness (QED) is 0.618. The lowest BCUT2D eigenvalue weighted by Gasteiger charge is -2.43. The van der Waals surface area contributed by atoms with Gasteiger partial charge in [-0.3, -0.25) is 4.79 Å². The summed E-state index contributed by atoms with van der Waals surface area (Å²) >= 11 is 0. The van der Waals surface area contributed by atoms with E-state index in [-0.39, 0.29) is 11.9 Å². The molecule has 0 aromatic heterocycles. The van der Waals surface area contributed by atoms with Crippen LogP contribution in [-0.2, 0) is 14.3 Å². The van der Waals surface area contributed by atoms with Gasteiger partial charge in [0.15, 0.2) is 11.4 Å². The average molecular weight is 170 g/mol. The maximum atomic E-state index is 11.3. The van der Waals surface area contributed by atoms with Crippen molar-refractivity contribution in [3.63, 3.8) is 0 Å². The normalized spacial score (nSPS) is 40.4. The first-order valence-electron chi connectivity index (χ1n) is 4.58. The van der Waals surface area contributed by atoms with Gasteiger partial charge in [0.25, 0.3) is 0 Å². The minimum atomic E-state index is -0.518. The van der Waals surface area contributed by atoms with Gasteiger partial charge in [-0.05, 0) is 19.8 Å². The van der Waals surface area contributed by atoms with E-state index in [2.05, 4.69) is 0 Å². The van der Waals surface area contributed by atoms with Crippen LogP contribution in [0.4, 0.5) is 0 Å². The largest absolute Gasteiger partial charge is 0.375 e. The van der Waals surface area contributed by atoms with Crippen molar-refractivity contribution >= 4 is 5.78 Å². The SMILES string of the molecule is CCO[C@@H]1CC(=O)[C@@]12CCCO2. The third-order valence-corrected chi connectivity index (χ3v) is 2.78. The lowest BCUT2D eigenvalue weighted by atomic mass is 9.73. The predicted octanol–water partition coefficient (Wildman–Crippen LogP) is 0.913. The molecule has 1 spiro atoms. The van der Waals surface area contributed by atoms with Crippen molar-refractivity contribution in [3.05, 3.63) is 0 Å². The summed E-state index contributed by atoms with van der Waals surface area (Å²) in [7, 11) is 0. The highest BCUT2D eigenvalue weighted by atomic mass is 16.6. The molecule has 1 aliphatic heterocycles. The van der Waals surface area contributed by atoms with Gasteiger partial charge in [0.1, 0.15) is 6.10 Å². The third kappa shape index (κ3) is 0.930. The Bertz CT molecular complexity index is 194. The molecule has 2 rings (SSSR count). The van der Waals surface area contributed by atoms with Crippen molar-refractivity contribution in [1.29, 1.82) is 0 Å². The summed E-state index contributed by atoms with van der Waals surface area (Å²) < 4.78 is 10.9. The Kier molecular flexibility index (Phi) is 1.93. The molecule has 2 atom stereocenters. The lowest BCUT2D eigenvalue weighted by Crippen LogP contribution is -2.61. The van der Waals surface area contributed by atoms with E-state index in [9.17, 15) is 4.79 Å². The molecule has 0 aromatic carbocycles. The van der Waals surface area contributed by atoms with Gasteiger partial charge in [0.2, 0.25) is 0 Å².